The van der Waals surface area contributed by atoms with E-state index in [-0.39, 0.29) is 5.91 Å². The lowest BCUT2D eigenvalue weighted by molar-refractivity contribution is 0.102. The lowest BCUT2D eigenvalue weighted by Crippen LogP contribution is -2.14. The summed E-state index contributed by atoms with van der Waals surface area (Å²) in [5.41, 5.74) is 3.78. The zero-order chi connectivity index (χ0) is 15.4. The van der Waals surface area contributed by atoms with Gasteiger partial charge in [-0.15, -0.1) is 0 Å². The van der Waals surface area contributed by atoms with Crippen LogP contribution in [0, 0.1) is 0 Å². The quantitative estimate of drug-likeness (QED) is 0.914. The molecular formula is C18H22N2O. The lowest BCUT2D eigenvalue weighted by atomic mass is 10.0. The number of hydrogen-bond donors (Lipinski definition) is 1. The Labute approximate surface area is 126 Å². The predicted octanol–water partition coefficient (Wildman–Crippen LogP) is 4.13. The number of rotatable bonds is 4. The molecule has 1 N–H and O–H groups in total. The van der Waals surface area contributed by atoms with E-state index in [1.807, 2.05) is 61.5 Å². The molecule has 2 aromatic carbocycles. The highest BCUT2D eigenvalue weighted by atomic mass is 16.1. The van der Waals surface area contributed by atoms with Gasteiger partial charge in [0.15, 0.2) is 0 Å². The van der Waals surface area contributed by atoms with Gasteiger partial charge in [0.25, 0.3) is 5.91 Å². The van der Waals surface area contributed by atoms with Gasteiger partial charge in [-0.05, 0) is 41.8 Å². The number of para-hydroxylation sites is 1. The summed E-state index contributed by atoms with van der Waals surface area (Å²) in [6.07, 6.45) is 0. The van der Waals surface area contributed by atoms with Gasteiger partial charge in [0, 0.05) is 31.0 Å². The molecule has 0 fully saturated rings. The molecule has 0 unspecified atom stereocenters. The Morgan fingerprint density at radius 1 is 1.00 bits per heavy atom. The fourth-order valence-corrected chi connectivity index (χ4v) is 2.22. The van der Waals surface area contributed by atoms with E-state index >= 15 is 0 Å². The molecule has 0 heterocycles. The Hall–Kier alpha value is -2.29. The van der Waals surface area contributed by atoms with Gasteiger partial charge in [0.05, 0.1) is 0 Å². The number of anilines is 2. The topological polar surface area (TPSA) is 32.3 Å². The Morgan fingerprint density at radius 2 is 1.62 bits per heavy atom. The molecule has 1 amide bonds. The van der Waals surface area contributed by atoms with E-state index in [9.17, 15) is 4.79 Å². The summed E-state index contributed by atoms with van der Waals surface area (Å²) in [6, 6.07) is 15.5. The molecule has 0 aliphatic carbocycles. The molecule has 2 rings (SSSR count). The average molecular weight is 282 g/mol. The Kier molecular flexibility index (Phi) is 4.63. The summed E-state index contributed by atoms with van der Waals surface area (Å²) in [4.78, 5) is 14.4. The van der Waals surface area contributed by atoms with Crippen molar-refractivity contribution in [2.75, 3.05) is 24.3 Å². The zero-order valence-corrected chi connectivity index (χ0v) is 13.1. The molecule has 0 spiro atoms. The van der Waals surface area contributed by atoms with Gasteiger partial charge in [0.1, 0.15) is 0 Å². The first-order valence-corrected chi connectivity index (χ1v) is 7.16. The third kappa shape index (κ3) is 3.63. The second-order valence-corrected chi connectivity index (χ2v) is 5.64. The lowest BCUT2D eigenvalue weighted by Gasteiger charge is -2.15. The smallest absolute Gasteiger partial charge is 0.255 e. The van der Waals surface area contributed by atoms with E-state index in [4.69, 9.17) is 0 Å². The summed E-state index contributed by atoms with van der Waals surface area (Å²) in [7, 11) is 3.96. The number of carbonyl (C=O) groups is 1. The van der Waals surface area contributed by atoms with E-state index in [1.165, 1.54) is 0 Å². The maximum absolute atomic E-state index is 12.3. The second kappa shape index (κ2) is 6.44. The average Bonchev–Trinajstić information content (AvgIpc) is 2.47. The highest BCUT2D eigenvalue weighted by Crippen LogP contribution is 2.24. The van der Waals surface area contributed by atoms with Crippen LogP contribution in [0.5, 0.6) is 0 Å². The van der Waals surface area contributed by atoms with Crippen LogP contribution >= 0.6 is 0 Å². The molecule has 0 atom stereocenters. The molecule has 0 aliphatic heterocycles. The molecule has 0 radical (unpaired) electrons. The van der Waals surface area contributed by atoms with Crippen molar-refractivity contribution in [2.24, 2.45) is 0 Å². The van der Waals surface area contributed by atoms with Crippen LogP contribution in [0.3, 0.4) is 0 Å². The van der Waals surface area contributed by atoms with Crippen LogP contribution in [-0.2, 0) is 0 Å². The minimum atomic E-state index is -0.0755. The first kappa shape index (κ1) is 15.1. The summed E-state index contributed by atoms with van der Waals surface area (Å²) in [5, 5.41) is 3.00. The summed E-state index contributed by atoms with van der Waals surface area (Å²) < 4.78 is 0. The maximum Gasteiger partial charge on any atom is 0.255 e. The highest BCUT2D eigenvalue weighted by molar-refractivity contribution is 6.04. The van der Waals surface area contributed by atoms with E-state index in [0.29, 0.717) is 11.5 Å². The van der Waals surface area contributed by atoms with Gasteiger partial charge < -0.3 is 10.2 Å². The number of nitrogens with zero attached hydrogens (tertiary/aromatic N) is 1. The number of hydrogen-bond acceptors (Lipinski definition) is 2. The molecule has 21 heavy (non-hydrogen) atoms. The van der Waals surface area contributed by atoms with E-state index in [0.717, 1.165) is 16.9 Å². The van der Waals surface area contributed by atoms with Crippen molar-refractivity contribution in [1.29, 1.82) is 0 Å². The summed E-state index contributed by atoms with van der Waals surface area (Å²) >= 11 is 0. The molecular weight excluding hydrogens is 260 g/mol. The van der Waals surface area contributed by atoms with Crippen molar-refractivity contribution in [2.45, 2.75) is 19.8 Å². The van der Waals surface area contributed by atoms with Gasteiger partial charge in [-0.3, -0.25) is 4.79 Å². The zero-order valence-electron chi connectivity index (χ0n) is 13.1. The third-order valence-corrected chi connectivity index (χ3v) is 3.48. The molecule has 3 nitrogen and oxygen atoms in total. The highest BCUT2D eigenvalue weighted by Gasteiger charge is 2.10. The van der Waals surface area contributed by atoms with Crippen molar-refractivity contribution < 1.29 is 4.79 Å². The Bertz CT molecular complexity index is 615. The van der Waals surface area contributed by atoms with Crippen molar-refractivity contribution >= 4 is 17.3 Å². The Balaban J connectivity index is 2.18. The summed E-state index contributed by atoms with van der Waals surface area (Å²) in [6.45, 7) is 4.24. The molecule has 3 heteroatoms. The van der Waals surface area contributed by atoms with Crippen LogP contribution < -0.4 is 10.2 Å². The van der Waals surface area contributed by atoms with Gasteiger partial charge in [-0.2, -0.15) is 0 Å². The fourth-order valence-electron chi connectivity index (χ4n) is 2.22. The number of amides is 1. The monoisotopic (exact) mass is 282 g/mol. The largest absolute Gasteiger partial charge is 0.378 e. The second-order valence-electron chi connectivity index (χ2n) is 5.64. The molecule has 0 saturated carbocycles. The molecule has 2 aromatic rings. The standard InChI is InChI=1S/C18H22N2O/c1-13(2)16-7-5-6-8-17(16)19-18(21)14-9-11-15(12-10-14)20(3)4/h5-13H,1-4H3,(H,19,21). The maximum atomic E-state index is 12.3. The number of benzene rings is 2. The molecule has 0 saturated heterocycles. The molecule has 0 aromatic heterocycles. The van der Waals surface area contributed by atoms with E-state index in [1.54, 1.807) is 0 Å². The van der Waals surface area contributed by atoms with E-state index < -0.39 is 0 Å². The predicted molar refractivity (Wildman–Crippen MR) is 89.3 cm³/mol. The first-order valence-electron chi connectivity index (χ1n) is 7.16. The van der Waals surface area contributed by atoms with Crippen molar-refractivity contribution in [3.05, 3.63) is 59.7 Å². The third-order valence-electron chi connectivity index (χ3n) is 3.48. The van der Waals surface area contributed by atoms with E-state index in [2.05, 4.69) is 25.2 Å². The number of nitrogens with one attached hydrogen (secondary N) is 1. The Morgan fingerprint density at radius 3 is 2.19 bits per heavy atom. The fraction of sp³-hybridized carbons (Fsp3) is 0.278. The molecule has 110 valence electrons. The van der Waals surface area contributed by atoms with Gasteiger partial charge in [-0.1, -0.05) is 32.0 Å². The number of carbonyl (C=O) groups excluding carboxylic acids is 1. The molecule has 0 aliphatic rings. The minimum absolute atomic E-state index is 0.0755. The molecule has 0 bridgehead atoms. The van der Waals surface area contributed by atoms with Crippen LogP contribution in [0.2, 0.25) is 0 Å². The van der Waals surface area contributed by atoms with Crippen molar-refractivity contribution in [3.63, 3.8) is 0 Å². The van der Waals surface area contributed by atoms with Gasteiger partial charge >= 0.3 is 0 Å². The summed E-state index contributed by atoms with van der Waals surface area (Å²) in [5.74, 6) is 0.297. The first-order chi connectivity index (χ1) is 9.99. The van der Waals surface area contributed by atoms with Crippen LogP contribution in [-0.4, -0.2) is 20.0 Å². The van der Waals surface area contributed by atoms with Gasteiger partial charge in [-0.25, -0.2) is 0 Å². The normalized spacial score (nSPS) is 10.5. The van der Waals surface area contributed by atoms with Crippen LogP contribution in [0.4, 0.5) is 11.4 Å². The van der Waals surface area contributed by atoms with Crippen LogP contribution in [0.1, 0.15) is 35.7 Å². The SMILES string of the molecule is CC(C)c1ccccc1NC(=O)c1ccc(N(C)C)cc1. The van der Waals surface area contributed by atoms with Crippen molar-refractivity contribution in [3.8, 4) is 0 Å². The van der Waals surface area contributed by atoms with Gasteiger partial charge in [0.2, 0.25) is 0 Å². The minimum Gasteiger partial charge on any atom is -0.378 e. The van der Waals surface area contributed by atoms with Crippen LogP contribution in [0.25, 0.3) is 0 Å². The van der Waals surface area contributed by atoms with Crippen LogP contribution in [0.15, 0.2) is 48.5 Å². The van der Waals surface area contributed by atoms with Crippen molar-refractivity contribution in [1.82, 2.24) is 0 Å².